The van der Waals surface area contributed by atoms with Crippen molar-refractivity contribution in [3.8, 4) is 12.1 Å². The number of carbonyl (C=O) groups is 1. The number of nitrogens with one attached hydrogen (secondary N) is 1. The van der Waals surface area contributed by atoms with Crippen LogP contribution in [0.5, 0.6) is 0 Å². The second-order valence-electron chi connectivity index (χ2n) is 2.42. The van der Waals surface area contributed by atoms with Gasteiger partial charge < -0.3 is 9.90 Å². The molecule has 6 nitrogen and oxygen atoms in total. The Balaban J connectivity index is 0. The van der Waals surface area contributed by atoms with Gasteiger partial charge >= 0.3 is 29.6 Å². The molecule has 0 saturated carbocycles. The van der Waals surface area contributed by atoms with Gasteiger partial charge in [-0.2, -0.15) is 15.6 Å². The van der Waals surface area contributed by atoms with Gasteiger partial charge in [0.05, 0.1) is 0 Å². The Labute approximate surface area is 103 Å². The zero-order chi connectivity index (χ0) is 10.3. The van der Waals surface area contributed by atoms with Crippen LogP contribution in [-0.4, -0.2) is 11.5 Å². The first-order chi connectivity index (χ1) is 6.10. The molecule has 0 radical (unpaired) electrons. The fourth-order valence-corrected chi connectivity index (χ4v) is 0.731. The predicted molar refractivity (Wildman–Crippen MR) is 38.0 cm³/mol. The van der Waals surface area contributed by atoms with Crippen molar-refractivity contribution in [3.05, 3.63) is 0 Å². The molecular formula is C7H7N4NaO2. The van der Waals surface area contributed by atoms with Crippen LogP contribution in [0, 0.1) is 28.2 Å². The Kier molecular flexibility index (Phi) is 8.26. The summed E-state index contributed by atoms with van der Waals surface area (Å²) < 4.78 is 0. The molecule has 0 fully saturated rings. The van der Waals surface area contributed by atoms with Crippen LogP contribution in [0.15, 0.2) is 5.11 Å². The molecule has 14 heavy (non-hydrogen) atoms. The summed E-state index contributed by atoms with van der Waals surface area (Å²) >= 11 is 0. The number of nitriles is 2. The van der Waals surface area contributed by atoms with Crippen molar-refractivity contribution < 1.29 is 39.5 Å². The number of carboxylic acid groups (broad SMARTS) is 1. The molecule has 0 rings (SSSR count). The number of nitrogens with zero attached hydrogens (tertiary/aromatic N) is 3. The average Bonchev–Trinajstić information content (AvgIpc) is 2.13. The maximum absolute atomic E-state index is 10.00. The van der Waals surface area contributed by atoms with Gasteiger partial charge in [0.15, 0.2) is 0 Å². The van der Waals surface area contributed by atoms with E-state index in [0.717, 1.165) is 0 Å². The zero-order valence-corrected chi connectivity index (χ0v) is 9.78. The predicted octanol–water partition coefficient (Wildman–Crippen LogP) is -3.27. The van der Waals surface area contributed by atoms with Crippen LogP contribution in [-0.2, 0) is 4.79 Å². The van der Waals surface area contributed by atoms with Gasteiger partial charge in [-0.05, 0) is 12.8 Å². The molecule has 0 aromatic heterocycles. The maximum Gasteiger partial charge on any atom is 1.00 e. The molecule has 0 unspecified atom stereocenters. The molecule has 0 aliphatic heterocycles. The number of hydrogen-bond donors (Lipinski definition) is 1. The molecule has 0 bridgehead atoms. The normalized spacial score (nSPS) is 9.00. The average molecular weight is 202 g/mol. The fraction of sp³-hybridized carbons (Fsp3) is 0.571. The second kappa shape index (κ2) is 7.45. The van der Waals surface area contributed by atoms with Crippen LogP contribution in [0.4, 0.5) is 0 Å². The van der Waals surface area contributed by atoms with Crippen molar-refractivity contribution >= 4 is 5.97 Å². The van der Waals surface area contributed by atoms with Crippen LogP contribution in [0.25, 0.3) is 0 Å². The summed E-state index contributed by atoms with van der Waals surface area (Å²) in [6.45, 7) is 0. The molecule has 0 aliphatic rings. The van der Waals surface area contributed by atoms with Gasteiger partial charge in [-0.3, -0.25) is 0 Å². The third kappa shape index (κ3) is 4.93. The minimum Gasteiger partial charge on any atom is -0.550 e. The van der Waals surface area contributed by atoms with E-state index in [4.69, 9.17) is 16.1 Å². The van der Waals surface area contributed by atoms with Crippen LogP contribution in [0.2, 0.25) is 0 Å². The SMILES string of the molecule is N#CC(C#N)(CCCC(=O)[O-])N=N.[Na+]. The summed E-state index contributed by atoms with van der Waals surface area (Å²) in [7, 11) is 0. The summed E-state index contributed by atoms with van der Waals surface area (Å²) in [5.74, 6) is -1.24. The zero-order valence-electron chi connectivity index (χ0n) is 7.78. The maximum atomic E-state index is 10.00. The first-order valence-electron chi connectivity index (χ1n) is 3.51. The number of carbonyl (C=O) groups excluding carboxylic acids is 1. The minimum atomic E-state index is -1.73. The molecule has 0 spiro atoms. The third-order valence-electron chi connectivity index (χ3n) is 1.48. The summed E-state index contributed by atoms with van der Waals surface area (Å²) in [5, 5.41) is 29.8. The van der Waals surface area contributed by atoms with E-state index in [1.807, 2.05) is 0 Å². The molecule has 0 atom stereocenters. The molecule has 0 aromatic carbocycles. The van der Waals surface area contributed by atoms with Crippen LogP contribution >= 0.6 is 0 Å². The summed E-state index contributed by atoms with van der Waals surface area (Å²) in [4.78, 5) is 10.00. The smallest absolute Gasteiger partial charge is 0.550 e. The molecule has 7 heteroatoms. The minimum absolute atomic E-state index is 0. The van der Waals surface area contributed by atoms with Gasteiger partial charge in [-0.1, -0.05) is 0 Å². The third-order valence-corrected chi connectivity index (χ3v) is 1.48. The summed E-state index contributed by atoms with van der Waals surface area (Å²) in [6.07, 6.45) is -0.191. The number of rotatable bonds is 5. The van der Waals surface area contributed by atoms with Crippen LogP contribution in [0.3, 0.4) is 0 Å². The number of hydrogen-bond acceptors (Lipinski definition) is 6. The molecule has 0 saturated heterocycles. The molecule has 0 aromatic rings. The van der Waals surface area contributed by atoms with E-state index in [1.165, 1.54) is 0 Å². The van der Waals surface area contributed by atoms with E-state index in [1.54, 1.807) is 12.1 Å². The van der Waals surface area contributed by atoms with Gasteiger partial charge in [0.2, 0.25) is 0 Å². The monoisotopic (exact) mass is 202 g/mol. The topological polar surface area (TPSA) is 124 Å². The molecular weight excluding hydrogens is 195 g/mol. The van der Waals surface area contributed by atoms with E-state index in [0.29, 0.717) is 0 Å². The summed E-state index contributed by atoms with van der Waals surface area (Å²) in [6, 6.07) is 3.12. The molecule has 1 N–H and O–H groups in total. The Hall–Kier alpha value is -0.950. The van der Waals surface area contributed by atoms with Crippen molar-refractivity contribution in [2.75, 3.05) is 0 Å². The van der Waals surface area contributed by atoms with Crippen molar-refractivity contribution in [1.82, 2.24) is 0 Å². The quantitative estimate of drug-likeness (QED) is 0.371. The van der Waals surface area contributed by atoms with Gasteiger partial charge in [0.25, 0.3) is 5.54 Å². The van der Waals surface area contributed by atoms with Gasteiger partial charge in [0, 0.05) is 12.4 Å². The number of aliphatic carboxylic acids is 1. The fourth-order valence-electron chi connectivity index (χ4n) is 0.731. The van der Waals surface area contributed by atoms with Crippen molar-refractivity contribution in [3.63, 3.8) is 0 Å². The van der Waals surface area contributed by atoms with E-state index < -0.39 is 11.5 Å². The Morgan fingerprint density at radius 3 is 2.29 bits per heavy atom. The molecule has 68 valence electrons. The van der Waals surface area contributed by atoms with Gasteiger partial charge in [-0.25, -0.2) is 5.53 Å². The van der Waals surface area contributed by atoms with Crippen LogP contribution in [0.1, 0.15) is 19.3 Å². The Morgan fingerprint density at radius 2 is 2.00 bits per heavy atom. The Bertz CT molecular complexity index is 277. The number of carboxylic acids is 1. The van der Waals surface area contributed by atoms with E-state index in [2.05, 4.69) is 5.11 Å². The van der Waals surface area contributed by atoms with Crippen molar-refractivity contribution in [1.29, 1.82) is 16.1 Å². The second-order valence-corrected chi connectivity index (χ2v) is 2.42. The van der Waals surface area contributed by atoms with E-state index in [-0.39, 0.29) is 48.8 Å². The van der Waals surface area contributed by atoms with Crippen LogP contribution < -0.4 is 34.7 Å². The largest absolute Gasteiger partial charge is 1.00 e. The van der Waals surface area contributed by atoms with E-state index in [9.17, 15) is 9.90 Å². The molecule has 0 aliphatic carbocycles. The van der Waals surface area contributed by atoms with Gasteiger partial charge in [-0.15, -0.1) is 0 Å². The Morgan fingerprint density at radius 1 is 1.50 bits per heavy atom. The standard InChI is InChI=1S/C7H8N4O2.Na/c8-4-7(5-9,11-10)3-1-2-6(12)13;/h10H,1-3H2,(H,12,13);/q;+1/p-1. The van der Waals surface area contributed by atoms with Crippen molar-refractivity contribution in [2.45, 2.75) is 24.8 Å². The van der Waals surface area contributed by atoms with Gasteiger partial charge in [0.1, 0.15) is 12.1 Å². The van der Waals surface area contributed by atoms with E-state index >= 15 is 0 Å². The summed E-state index contributed by atoms with van der Waals surface area (Å²) in [5.41, 5.74) is 4.88. The van der Waals surface area contributed by atoms with Crippen molar-refractivity contribution in [2.24, 2.45) is 5.11 Å². The first-order valence-corrected chi connectivity index (χ1v) is 3.51. The molecule has 0 amide bonds. The first kappa shape index (κ1) is 15.5. The molecule has 0 heterocycles.